The molecule has 0 heterocycles. The van der Waals surface area contributed by atoms with E-state index >= 15 is 0 Å². The number of ether oxygens (including phenoxy) is 1. The van der Waals surface area contributed by atoms with E-state index in [1.54, 1.807) is 13.2 Å². The molecule has 1 rings (SSSR count). The molecule has 0 fully saturated rings. The molecule has 1 aromatic carbocycles. The maximum Gasteiger partial charge on any atom is 0.255 e. The number of amides is 1. The van der Waals surface area contributed by atoms with Gasteiger partial charge in [-0.15, -0.1) is 0 Å². The van der Waals surface area contributed by atoms with Gasteiger partial charge in [0.25, 0.3) is 5.91 Å². The number of rotatable bonds is 7. The summed E-state index contributed by atoms with van der Waals surface area (Å²) < 4.78 is 4.87. The molecule has 18 heavy (non-hydrogen) atoms. The lowest BCUT2D eigenvalue weighted by molar-refractivity contribution is 0.0951. The first-order valence-electron chi connectivity index (χ1n) is 5.61. The van der Waals surface area contributed by atoms with Crippen LogP contribution in [0.3, 0.4) is 0 Å². The van der Waals surface area contributed by atoms with Crippen LogP contribution in [0.1, 0.15) is 10.4 Å². The number of phenols is 1. The monoisotopic (exact) mass is 272 g/mol. The Balaban J connectivity index is 2.32. The molecule has 0 radical (unpaired) electrons. The van der Waals surface area contributed by atoms with Crippen LogP contribution >= 0.6 is 11.6 Å². The molecule has 0 bridgehead atoms. The van der Waals surface area contributed by atoms with Crippen LogP contribution in [0.5, 0.6) is 5.75 Å². The Labute approximate surface area is 111 Å². The van der Waals surface area contributed by atoms with E-state index in [0.29, 0.717) is 24.7 Å². The number of carbonyl (C=O) groups excluding carboxylic acids is 1. The second-order valence-corrected chi connectivity index (χ2v) is 4.10. The number of nitrogens with one attached hydrogen (secondary N) is 2. The Morgan fingerprint density at radius 3 is 2.83 bits per heavy atom. The van der Waals surface area contributed by atoms with Crippen molar-refractivity contribution >= 4 is 17.5 Å². The zero-order valence-corrected chi connectivity index (χ0v) is 11.0. The Bertz CT molecular complexity index is 399. The number of hydrogen-bond donors (Lipinski definition) is 3. The molecule has 1 aromatic rings. The summed E-state index contributed by atoms with van der Waals surface area (Å²) in [5.74, 6) is -0.440. The summed E-state index contributed by atoms with van der Waals surface area (Å²) in [4.78, 5) is 11.7. The van der Waals surface area contributed by atoms with Crippen molar-refractivity contribution < 1.29 is 14.6 Å². The van der Waals surface area contributed by atoms with Crippen LogP contribution in [0.25, 0.3) is 0 Å². The molecule has 0 spiro atoms. The predicted octanol–water partition coefficient (Wildman–Crippen LogP) is 1.01. The average molecular weight is 273 g/mol. The predicted molar refractivity (Wildman–Crippen MR) is 70.2 cm³/mol. The van der Waals surface area contributed by atoms with E-state index in [4.69, 9.17) is 16.3 Å². The van der Waals surface area contributed by atoms with E-state index in [0.717, 1.165) is 6.54 Å². The molecule has 3 N–H and O–H groups in total. The Morgan fingerprint density at radius 1 is 1.39 bits per heavy atom. The van der Waals surface area contributed by atoms with Crippen LogP contribution in [-0.4, -0.2) is 44.4 Å². The molecular weight excluding hydrogens is 256 g/mol. The SMILES string of the molecule is COCCNCCNC(=O)c1ccc(Cl)cc1O. The van der Waals surface area contributed by atoms with Crippen LogP contribution in [-0.2, 0) is 4.74 Å². The molecule has 0 saturated heterocycles. The van der Waals surface area contributed by atoms with Gasteiger partial charge in [0.15, 0.2) is 0 Å². The van der Waals surface area contributed by atoms with Gasteiger partial charge < -0.3 is 20.5 Å². The summed E-state index contributed by atoms with van der Waals surface area (Å²) in [5, 5.41) is 15.7. The normalized spacial score (nSPS) is 10.3. The standard InChI is InChI=1S/C12H17ClN2O3/c1-18-7-6-14-4-5-15-12(17)10-3-2-9(13)8-11(10)16/h2-3,8,14,16H,4-7H2,1H3,(H,15,17). The smallest absolute Gasteiger partial charge is 0.255 e. The van der Waals surface area contributed by atoms with Crippen molar-refractivity contribution in [3.8, 4) is 5.75 Å². The third kappa shape index (κ3) is 4.91. The zero-order chi connectivity index (χ0) is 13.4. The van der Waals surface area contributed by atoms with Crippen molar-refractivity contribution in [2.75, 3.05) is 33.4 Å². The van der Waals surface area contributed by atoms with Gasteiger partial charge in [-0.05, 0) is 18.2 Å². The second kappa shape index (κ2) is 7.92. The van der Waals surface area contributed by atoms with Gasteiger partial charge in [-0.3, -0.25) is 4.79 Å². The molecule has 5 nitrogen and oxygen atoms in total. The molecule has 100 valence electrons. The number of carbonyl (C=O) groups is 1. The Hall–Kier alpha value is -1.30. The first kappa shape index (κ1) is 14.8. The van der Waals surface area contributed by atoms with Gasteiger partial charge in [-0.2, -0.15) is 0 Å². The quantitative estimate of drug-likeness (QED) is 0.648. The third-order valence-electron chi connectivity index (χ3n) is 2.27. The first-order chi connectivity index (χ1) is 8.65. The molecular formula is C12H17ClN2O3. The molecule has 0 atom stereocenters. The van der Waals surface area contributed by atoms with Gasteiger partial charge in [0.05, 0.1) is 12.2 Å². The fourth-order valence-electron chi connectivity index (χ4n) is 1.36. The van der Waals surface area contributed by atoms with E-state index in [-0.39, 0.29) is 17.2 Å². The van der Waals surface area contributed by atoms with Crippen molar-refractivity contribution in [2.24, 2.45) is 0 Å². The van der Waals surface area contributed by atoms with Crippen molar-refractivity contribution in [1.82, 2.24) is 10.6 Å². The molecule has 1 amide bonds. The minimum absolute atomic E-state index is 0.118. The number of aromatic hydroxyl groups is 1. The van der Waals surface area contributed by atoms with Crippen LogP contribution in [0.15, 0.2) is 18.2 Å². The van der Waals surface area contributed by atoms with E-state index < -0.39 is 0 Å². The number of benzene rings is 1. The lowest BCUT2D eigenvalue weighted by Gasteiger charge is -2.08. The average Bonchev–Trinajstić information content (AvgIpc) is 2.33. The molecule has 6 heteroatoms. The number of hydrogen-bond acceptors (Lipinski definition) is 4. The van der Waals surface area contributed by atoms with E-state index in [1.165, 1.54) is 12.1 Å². The van der Waals surface area contributed by atoms with Gasteiger partial charge in [0, 0.05) is 31.8 Å². The van der Waals surface area contributed by atoms with Gasteiger partial charge in [-0.1, -0.05) is 11.6 Å². The van der Waals surface area contributed by atoms with Crippen molar-refractivity contribution in [2.45, 2.75) is 0 Å². The first-order valence-corrected chi connectivity index (χ1v) is 5.99. The van der Waals surface area contributed by atoms with Crippen molar-refractivity contribution in [3.05, 3.63) is 28.8 Å². The summed E-state index contributed by atoms with van der Waals surface area (Å²) in [6, 6.07) is 4.39. The number of phenolic OH excluding ortho intramolecular Hbond substituents is 1. The van der Waals surface area contributed by atoms with Gasteiger partial charge in [0.1, 0.15) is 5.75 Å². The maximum atomic E-state index is 11.7. The summed E-state index contributed by atoms with van der Waals surface area (Å²) in [7, 11) is 1.63. The molecule has 0 aliphatic heterocycles. The highest BCUT2D eigenvalue weighted by Crippen LogP contribution is 2.21. The lowest BCUT2D eigenvalue weighted by Crippen LogP contribution is -2.33. The van der Waals surface area contributed by atoms with Crippen LogP contribution in [0, 0.1) is 0 Å². The van der Waals surface area contributed by atoms with Gasteiger partial charge in [-0.25, -0.2) is 0 Å². The van der Waals surface area contributed by atoms with E-state index in [1.807, 2.05) is 0 Å². The van der Waals surface area contributed by atoms with Crippen molar-refractivity contribution in [1.29, 1.82) is 0 Å². The minimum Gasteiger partial charge on any atom is -0.507 e. The van der Waals surface area contributed by atoms with Crippen molar-refractivity contribution in [3.63, 3.8) is 0 Å². The third-order valence-corrected chi connectivity index (χ3v) is 2.51. The summed E-state index contributed by atoms with van der Waals surface area (Å²) in [6.45, 7) is 2.48. The number of methoxy groups -OCH3 is 1. The zero-order valence-electron chi connectivity index (χ0n) is 10.2. The maximum absolute atomic E-state index is 11.7. The molecule has 0 aliphatic rings. The summed E-state index contributed by atoms with van der Waals surface area (Å²) >= 11 is 5.68. The summed E-state index contributed by atoms with van der Waals surface area (Å²) in [6.07, 6.45) is 0. The van der Waals surface area contributed by atoms with Gasteiger partial charge in [0.2, 0.25) is 0 Å². The van der Waals surface area contributed by atoms with Crippen LogP contribution < -0.4 is 10.6 Å². The second-order valence-electron chi connectivity index (χ2n) is 3.66. The van der Waals surface area contributed by atoms with Gasteiger partial charge >= 0.3 is 0 Å². The Morgan fingerprint density at radius 2 is 2.17 bits per heavy atom. The molecule has 0 unspecified atom stereocenters. The summed E-state index contributed by atoms with van der Waals surface area (Å²) in [5.41, 5.74) is 0.219. The highest BCUT2D eigenvalue weighted by atomic mass is 35.5. The number of halogens is 1. The van der Waals surface area contributed by atoms with E-state index in [9.17, 15) is 9.90 Å². The highest BCUT2D eigenvalue weighted by molar-refractivity contribution is 6.30. The highest BCUT2D eigenvalue weighted by Gasteiger charge is 2.10. The van der Waals surface area contributed by atoms with Crippen LogP contribution in [0.2, 0.25) is 5.02 Å². The fraction of sp³-hybridized carbons (Fsp3) is 0.417. The van der Waals surface area contributed by atoms with Crippen LogP contribution in [0.4, 0.5) is 0 Å². The molecule has 0 aliphatic carbocycles. The molecule has 0 saturated carbocycles. The Kier molecular flexibility index (Phi) is 6.49. The minimum atomic E-state index is -0.322. The molecule has 0 aromatic heterocycles. The lowest BCUT2D eigenvalue weighted by atomic mass is 10.2. The van der Waals surface area contributed by atoms with E-state index in [2.05, 4.69) is 10.6 Å². The fourth-order valence-corrected chi connectivity index (χ4v) is 1.52. The topological polar surface area (TPSA) is 70.6 Å². The largest absolute Gasteiger partial charge is 0.507 e.